The molecule has 2 aromatic rings. The fourth-order valence-electron chi connectivity index (χ4n) is 3.10. The Morgan fingerprint density at radius 3 is 2.70 bits per heavy atom. The summed E-state index contributed by atoms with van der Waals surface area (Å²) in [5.74, 6) is 4.44. The second-order valence-electron chi connectivity index (χ2n) is 6.54. The van der Waals surface area contributed by atoms with Gasteiger partial charge in [-0.05, 0) is 66.7 Å². The van der Waals surface area contributed by atoms with E-state index in [1.165, 1.54) is 24.0 Å². The largest absolute Gasteiger partial charge is 0.206 e. The smallest absolute Gasteiger partial charge is 0.151 e. The van der Waals surface area contributed by atoms with Crippen LogP contribution in [0, 0.1) is 23.5 Å². The maximum absolute atomic E-state index is 14.1. The molecule has 27 heavy (non-hydrogen) atoms. The van der Waals surface area contributed by atoms with Crippen LogP contribution >= 0.6 is 12.2 Å². The molecular weight excluding hydrogens is 360 g/mol. The molecule has 136 valence electrons. The van der Waals surface area contributed by atoms with E-state index in [9.17, 15) is 8.78 Å². The first-order valence-electron chi connectivity index (χ1n) is 9.02. The van der Waals surface area contributed by atoms with Crippen LogP contribution in [0.3, 0.4) is 0 Å². The summed E-state index contributed by atoms with van der Waals surface area (Å²) in [5, 5.41) is 2.04. The first-order chi connectivity index (χ1) is 13.1. The summed E-state index contributed by atoms with van der Waals surface area (Å²) >= 11 is 4.43. The molecule has 0 saturated carbocycles. The zero-order valence-electron chi connectivity index (χ0n) is 15.1. The van der Waals surface area contributed by atoms with Gasteiger partial charge in [0.1, 0.15) is 11.5 Å². The lowest BCUT2D eigenvalue weighted by Gasteiger charge is -2.14. The number of rotatable bonds is 4. The second kappa shape index (κ2) is 8.86. The van der Waals surface area contributed by atoms with Gasteiger partial charge in [0, 0.05) is 11.6 Å². The fourth-order valence-corrected chi connectivity index (χ4v) is 3.19. The fraction of sp³-hybridized carbons (Fsp3) is 0.261. The topological polar surface area (TPSA) is 12.4 Å². The average molecular weight is 379 g/mol. The highest BCUT2D eigenvalue weighted by Gasteiger charge is 2.11. The van der Waals surface area contributed by atoms with E-state index in [4.69, 9.17) is 0 Å². The van der Waals surface area contributed by atoms with Gasteiger partial charge in [-0.2, -0.15) is 4.99 Å². The standard InChI is InChI=1S/C23H19F2NS/c1-2-3-4-16-5-8-19-12-17(6-9-18(19)11-16)7-10-20-13-22(25)23(26-15-27)14-21(20)24/h5,8,11-14H,2-4,6,9H2,1H3. The van der Waals surface area contributed by atoms with Gasteiger partial charge in [0.2, 0.25) is 0 Å². The van der Waals surface area contributed by atoms with Crippen LogP contribution in [0.25, 0.3) is 6.08 Å². The van der Waals surface area contributed by atoms with Crippen molar-refractivity contribution in [3.8, 4) is 11.8 Å². The summed E-state index contributed by atoms with van der Waals surface area (Å²) in [6.07, 6.45) is 7.24. The molecule has 3 rings (SSSR count). The molecule has 1 aliphatic carbocycles. The van der Waals surface area contributed by atoms with Crippen molar-refractivity contribution in [1.82, 2.24) is 0 Å². The molecule has 0 atom stereocenters. The molecule has 0 aliphatic heterocycles. The molecule has 0 N–H and O–H groups in total. The van der Waals surface area contributed by atoms with Crippen LogP contribution in [0.5, 0.6) is 0 Å². The Bertz CT molecular complexity index is 1010. The highest BCUT2D eigenvalue weighted by atomic mass is 32.1. The van der Waals surface area contributed by atoms with Crippen LogP contribution in [0.2, 0.25) is 0 Å². The SMILES string of the molecule is CCCCc1ccc2c(c1)CCC(C#Cc1cc(F)c(N=C=S)cc1F)=C2. The third kappa shape index (κ3) is 4.77. The molecule has 0 amide bonds. The lowest BCUT2D eigenvalue weighted by Crippen LogP contribution is -2.00. The number of fused-ring (bicyclic) bond motifs is 1. The van der Waals surface area contributed by atoms with Gasteiger partial charge in [0.25, 0.3) is 0 Å². The van der Waals surface area contributed by atoms with Gasteiger partial charge in [-0.25, -0.2) is 8.78 Å². The van der Waals surface area contributed by atoms with E-state index >= 15 is 0 Å². The summed E-state index contributed by atoms with van der Waals surface area (Å²) in [6, 6.07) is 8.59. The normalized spacial score (nSPS) is 12.3. The van der Waals surface area contributed by atoms with E-state index in [0.29, 0.717) is 0 Å². The van der Waals surface area contributed by atoms with Crippen LogP contribution in [-0.2, 0) is 12.8 Å². The van der Waals surface area contributed by atoms with Crippen molar-refractivity contribution in [2.45, 2.75) is 39.0 Å². The zero-order valence-corrected chi connectivity index (χ0v) is 15.9. The first kappa shape index (κ1) is 19.2. The van der Waals surface area contributed by atoms with E-state index in [0.717, 1.165) is 42.5 Å². The van der Waals surface area contributed by atoms with Crippen LogP contribution in [-0.4, -0.2) is 5.16 Å². The predicted molar refractivity (Wildman–Crippen MR) is 109 cm³/mol. The Labute approximate surface area is 163 Å². The highest BCUT2D eigenvalue weighted by Crippen LogP contribution is 2.26. The molecule has 0 radical (unpaired) electrons. The Balaban J connectivity index is 1.83. The number of unbranched alkanes of at least 4 members (excludes halogenated alkanes) is 1. The molecule has 0 spiro atoms. The van der Waals surface area contributed by atoms with E-state index in [1.54, 1.807) is 0 Å². The molecule has 0 fully saturated rings. The number of allylic oxidation sites excluding steroid dienone is 1. The number of hydrogen-bond acceptors (Lipinski definition) is 2. The van der Waals surface area contributed by atoms with Crippen molar-refractivity contribution in [3.05, 3.63) is 69.8 Å². The minimum atomic E-state index is -0.666. The minimum absolute atomic E-state index is 0.0115. The second-order valence-corrected chi connectivity index (χ2v) is 6.73. The summed E-state index contributed by atoms with van der Waals surface area (Å²) in [6.45, 7) is 2.19. The molecule has 0 bridgehead atoms. The molecule has 1 nitrogen and oxygen atoms in total. The molecule has 2 aromatic carbocycles. The van der Waals surface area contributed by atoms with Crippen LogP contribution in [0.1, 0.15) is 48.4 Å². The maximum Gasteiger partial charge on any atom is 0.151 e. The Morgan fingerprint density at radius 2 is 1.93 bits per heavy atom. The van der Waals surface area contributed by atoms with Crippen molar-refractivity contribution in [1.29, 1.82) is 0 Å². The number of aryl methyl sites for hydroxylation is 2. The van der Waals surface area contributed by atoms with Gasteiger partial charge >= 0.3 is 0 Å². The third-order valence-corrected chi connectivity index (χ3v) is 4.67. The number of nitrogens with zero attached hydrogens (tertiary/aromatic N) is 1. The summed E-state index contributed by atoms with van der Waals surface area (Å²) in [5.41, 5.74) is 4.62. The van der Waals surface area contributed by atoms with Crippen molar-refractivity contribution in [2.75, 3.05) is 0 Å². The van der Waals surface area contributed by atoms with E-state index in [2.05, 4.69) is 54.2 Å². The summed E-state index contributed by atoms with van der Waals surface area (Å²) < 4.78 is 28.0. The van der Waals surface area contributed by atoms with E-state index in [-0.39, 0.29) is 11.3 Å². The van der Waals surface area contributed by atoms with Gasteiger partial charge < -0.3 is 0 Å². The van der Waals surface area contributed by atoms with Crippen molar-refractivity contribution >= 4 is 29.1 Å². The van der Waals surface area contributed by atoms with E-state index in [1.807, 2.05) is 11.2 Å². The number of hydrogen-bond donors (Lipinski definition) is 0. The molecule has 0 saturated heterocycles. The molecule has 4 heteroatoms. The van der Waals surface area contributed by atoms with E-state index < -0.39 is 11.6 Å². The Hall–Kier alpha value is -2.60. The first-order valence-corrected chi connectivity index (χ1v) is 9.43. The predicted octanol–water partition coefficient (Wildman–Crippen LogP) is 6.42. The van der Waals surface area contributed by atoms with Gasteiger partial charge in [0.05, 0.1) is 10.7 Å². The molecule has 1 aliphatic rings. The minimum Gasteiger partial charge on any atom is -0.206 e. The summed E-state index contributed by atoms with van der Waals surface area (Å²) in [4.78, 5) is 3.50. The van der Waals surface area contributed by atoms with Gasteiger partial charge in [-0.15, -0.1) is 0 Å². The molecule has 0 aromatic heterocycles. The van der Waals surface area contributed by atoms with Crippen molar-refractivity contribution < 1.29 is 8.78 Å². The van der Waals surface area contributed by atoms with Crippen molar-refractivity contribution in [2.24, 2.45) is 4.99 Å². The van der Waals surface area contributed by atoms with Gasteiger partial charge in [-0.3, -0.25) is 0 Å². The number of aliphatic imine (C=N–C) groups is 1. The van der Waals surface area contributed by atoms with Crippen LogP contribution in [0.15, 0.2) is 40.9 Å². The van der Waals surface area contributed by atoms with Crippen LogP contribution in [0.4, 0.5) is 14.5 Å². The molecular formula is C23H19F2NS. The maximum atomic E-state index is 14.1. The van der Waals surface area contributed by atoms with Gasteiger partial charge in [0.15, 0.2) is 5.82 Å². The van der Waals surface area contributed by atoms with Gasteiger partial charge in [-0.1, -0.05) is 43.4 Å². The highest BCUT2D eigenvalue weighted by molar-refractivity contribution is 7.78. The van der Waals surface area contributed by atoms with Crippen molar-refractivity contribution in [3.63, 3.8) is 0 Å². The summed E-state index contributed by atoms with van der Waals surface area (Å²) in [7, 11) is 0. The lowest BCUT2D eigenvalue weighted by molar-refractivity contribution is 0.599. The Morgan fingerprint density at radius 1 is 1.07 bits per heavy atom. The zero-order chi connectivity index (χ0) is 19.2. The quantitative estimate of drug-likeness (QED) is 0.339. The monoisotopic (exact) mass is 379 g/mol. The molecule has 0 heterocycles. The Kier molecular flexibility index (Phi) is 6.29. The lowest BCUT2D eigenvalue weighted by atomic mass is 9.90. The number of thiocarbonyl (C=S) groups is 1. The average Bonchev–Trinajstić information content (AvgIpc) is 2.67. The van der Waals surface area contributed by atoms with Crippen LogP contribution < -0.4 is 0 Å². The number of halogens is 2. The molecule has 0 unspecified atom stereocenters. The third-order valence-electron chi connectivity index (χ3n) is 4.58. The number of benzene rings is 2. The number of isothiocyanates is 1.